The topological polar surface area (TPSA) is 32.8 Å². The lowest BCUT2D eigenvalue weighted by atomic mass is 9.86. The summed E-state index contributed by atoms with van der Waals surface area (Å²) in [6.45, 7) is 7.75. The molecule has 0 aromatic heterocycles. The second kappa shape index (κ2) is 1.95. The van der Waals surface area contributed by atoms with Crippen LogP contribution in [-0.2, 0) is 4.74 Å². The van der Waals surface area contributed by atoms with Gasteiger partial charge in [-0.3, -0.25) is 0 Å². The van der Waals surface area contributed by atoms with Crippen molar-refractivity contribution in [3.05, 3.63) is 0 Å². The molecule has 0 saturated carbocycles. The molecule has 1 N–H and O–H groups in total. The highest BCUT2D eigenvalue weighted by molar-refractivity contribution is 5.08. The summed E-state index contributed by atoms with van der Waals surface area (Å²) in [6, 6.07) is 0. The van der Waals surface area contributed by atoms with E-state index in [1.165, 1.54) is 0 Å². The lowest BCUT2D eigenvalue weighted by Crippen LogP contribution is -2.41. The van der Waals surface area contributed by atoms with E-state index in [9.17, 15) is 5.11 Å². The van der Waals surface area contributed by atoms with Gasteiger partial charge in [-0.05, 0) is 27.2 Å². The van der Waals surface area contributed by atoms with E-state index in [0.29, 0.717) is 0 Å². The predicted octanol–water partition coefficient (Wildman–Crippen LogP) is 1.32. The first-order valence-electron chi connectivity index (χ1n) is 3.84. The van der Waals surface area contributed by atoms with Gasteiger partial charge in [-0.2, -0.15) is 0 Å². The molecule has 0 aromatic rings. The third-order valence-electron chi connectivity index (χ3n) is 2.90. The Hall–Kier alpha value is -0.0800. The van der Waals surface area contributed by atoms with Crippen LogP contribution in [0, 0.1) is 0 Å². The van der Waals surface area contributed by atoms with E-state index in [0.717, 1.165) is 6.42 Å². The third kappa shape index (κ3) is 0.867. The quantitative estimate of drug-likeness (QED) is 0.593. The Morgan fingerprint density at radius 3 is 2.20 bits per heavy atom. The molecule has 3 unspecified atom stereocenters. The summed E-state index contributed by atoms with van der Waals surface area (Å²) in [4.78, 5) is 0. The summed E-state index contributed by atoms with van der Waals surface area (Å²) < 4.78 is 5.31. The Morgan fingerprint density at radius 2 is 2.10 bits per heavy atom. The lowest BCUT2D eigenvalue weighted by molar-refractivity contribution is -0.0173. The van der Waals surface area contributed by atoms with Crippen LogP contribution < -0.4 is 0 Å². The summed E-state index contributed by atoms with van der Waals surface area (Å²) >= 11 is 0. The predicted molar refractivity (Wildman–Crippen MR) is 39.9 cm³/mol. The molecule has 1 fully saturated rings. The first-order chi connectivity index (χ1) is 4.44. The third-order valence-corrected chi connectivity index (χ3v) is 2.90. The molecule has 2 heteroatoms. The van der Waals surface area contributed by atoms with Gasteiger partial charge in [0.15, 0.2) is 0 Å². The second-order valence-electron chi connectivity index (χ2n) is 3.49. The molecular weight excluding hydrogens is 128 g/mol. The van der Waals surface area contributed by atoms with E-state index in [2.05, 4.69) is 0 Å². The zero-order valence-corrected chi connectivity index (χ0v) is 7.14. The number of epoxide rings is 1. The summed E-state index contributed by atoms with van der Waals surface area (Å²) in [6.07, 6.45) is 0.954. The molecule has 0 aliphatic carbocycles. The van der Waals surface area contributed by atoms with Gasteiger partial charge in [0.05, 0.1) is 11.7 Å². The van der Waals surface area contributed by atoms with Gasteiger partial charge in [-0.25, -0.2) is 0 Å². The largest absolute Gasteiger partial charge is 0.387 e. The van der Waals surface area contributed by atoms with E-state index in [1.54, 1.807) is 0 Å². The average molecular weight is 144 g/mol. The summed E-state index contributed by atoms with van der Waals surface area (Å²) in [7, 11) is 0. The summed E-state index contributed by atoms with van der Waals surface area (Å²) in [5.41, 5.74) is -0.950. The lowest BCUT2D eigenvalue weighted by Gasteiger charge is -2.26. The maximum absolute atomic E-state index is 9.77. The zero-order valence-electron chi connectivity index (χ0n) is 7.14. The van der Waals surface area contributed by atoms with Crippen molar-refractivity contribution >= 4 is 0 Å². The van der Waals surface area contributed by atoms with E-state index >= 15 is 0 Å². The van der Waals surface area contributed by atoms with Crippen molar-refractivity contribution in [2.45, 2.75) is 51.4 Å². The van der Waals surface area contributed by atoms with Gasteiger partial charge >= 0.3 is 0 Å². The van der Waals surface area contributed by atoms with Crippen LogP contribution in [0.25, 0.3) is 0 Å². The molecular formula is C8H16O2. The molecule has 0 bridgehead atoms. The summed E-state index contributed by atoms with van der Waals surface area (Å²) in [5.74, 6) is 0. The van der Waals surface area contributed by atoms with E-state index in [-0.39, 0.29) is 11.7 Å². The first kappa shape index (κ1) is 8.02. The number of ether oxygens (including phenoxy) is 1. The Kier molecular flexibility index (Phi) is 1.57. The molecule has 1 aliphatic rings. The van der Waals surface area contributed by atoms with Crippen molar-refractivity contribution in [3.8, 4) is 0 Å². The van der Waals surface area contributed by atoms with Gasteiger partial charge in [0.1, 0.15) is 5.60 Å². The van der Waals surface area contributed by atoms with Gasteiger partial charge in [-0.15, -0.1) is 0 Å². The Bertz CT molecular complexity index is 135. The van der Waals surface area contributed by atoms with Crippen molar-refractivity contribution in [3.63, 3.8) is 0 Å². The smallest absolute Gasteiger partial charge is 0.120 e. The SMILES string of the molecule is CCC(C)(O)C1(C)OC1C. The molecule has 0 amide bonds. The van der Waals surface area contributed by atoms with Crippen LogP contribution in [0.2, 0.25) is 0 Å². The Morgan fingerprint density at radius 1 is 1.70 bits per heavy atom. The molecule has 1 heterocycles. The molecule has 60 valence electrons. The normalized spacial score (nSPS) is 44.7. The Labute approximate surface area is 62.2 Å². The molecule has 3 atom stereocenters. The molecule has 0 aromatic carbocycles. The van der Waals surface area contributed by atoms with Crippen LogP contribution in [-0.4, -0.2) is 22.4 Å². The average Bonchev–Trinajstić information content (AvgIpc) is 2.43. The highest BCUT2D eigenvalue weighted by Crippen LogP contribution is 2.46. The fraction of sp³-hybridized carbons (Fsp3) is 1.00. The second-order valence-corrected chi connectivity index (χ2v) is 3.49. The Balaban J connectivity index is 2.65. The monoisotopic (exact) mass is 144 g/mol. The highest BCUT2D eigenvalue weighted by Gasteiger charge is 2.60. The van der Waals surface area contributed by atoms with Crippen molar-refractivity contribution in [1.29, 1.82) is 0 Å². The summed E-state index contributed by atoms with van der Waals surface area (Å²) in [5, 5.41) is 9.77. The minimum absolute atomic E-state index is 0.211. The molecule has 1 saturated heterocycles. The van der Waals surface area contributed by atoms with Gasteiger partial charge in [0.25, 0.3) is 0 Å². The molecule has 0 spiro atoms. The maximum Gasteiger partial charge on any atom is 0.120 e. The van der Waals surface area contributed by atoms with Crippen LogP contribution >= 0.6 is 0 Å². The van der Waals surface area contributed by atoms with Crippen molar-refractivity contribution in [1.82, 2.24) is 0 Å². The van der Waals surface area contributed by atoms with Crippen molar-refractivity contribution in [2.24, 2.45) is 0 Å². The van der Waals surface area contributed by atoms with Gasteiger partial charge in [-0.1, -0.05) is 6.92 Å². The number of hydrogen-bond acceptors (Lipinski definition) is 2. The standard InChI is InChI=1S/C8H16O2/c1-5-7(3,9)8(4)6(2)10-8/h6,9H,5H2,1-4H3. The van der Waals surface area contributed by atoms with Crippen LogP contribution in [0.15, 0.2) is 0 Å². The zero-order chi connectivity index (χ0) is 7.99. The maximum atomic E-state index is 9.77. The molecule has 1 rings (SSSR count). The minimum atomic E-state index is -0.660. The van der Waals surface area contributed by atoms with Gasteiger partial charge < -0.3 is 9.84 Å². The minimum Gasteiger partial charge on any atom is -0.387 e. The molecule has 10 heavy (non-hydrogen) atoms. The number of aliphatic hydroxyl groups is 1. The molecule has 1 aliphatic heterocycles. The molecule has 2 nitrogen and oxygen atoms in total. The first-order valence-corrected chi connectivity index (χ1v) is 3.84. The van der Waals surface area contributed by atoms with E-state index < -0.39 is 5.60 Å². The fourth-order valence-corrected chi connectivity index (χ4v) is 1.25. The van der Waals surface area contributed by atoms with Crippen LogP contribution in [0.3, 0.4) is 0 Å². The fourth-order valence-electron chi connectivity index (χ4n) is 1.25. The van der Waals surface area contributed by atoms with Crippen LogP contribution in [0.5, 0.6) is 0 Å². The van der Waals surface area contributed by atoms with Gasteiger partial charge in [0.2, 0.25) is 0 Å². The number of hydrogen-bond donors (Lipinski definition) is 1. The van der Waals surface area contributed by atoms with E-state index in [1.807, 2.05) is 27.7 Å². The van der Waals surface area contributed by atoms with Crippen molar-refractivity contribution < 1.29 is 9.84 Å². The van der Waals surface area contributed by atoms with Crippen LogP contribution in [0.1, 0.15) is 34.1 Å². The highest BCUT2D eigenvalue weighted by atomic mass is 16.6. The van der Waals surface area contributed by atoms with Crippen LogP contribution in [0.4, 0.5) is 0 Å². The number of rotatable bonds is 2. The van der Waals surface area contributed by atoms with Crippen molar-refractivity contribution in [2.75, 3.05) is 0 Å². The van der Waals surface area contributed by atoms with Gasteiger partial charge in [0, 0.05) is 0 Å². The van der Waals surface area contributed by atoms with E-state index in [4.69, 9.17) is 4.74 Å². The molecule has 0 radical (unpaired) electrons.